The van der Waals surface area contributed by atoms with Crippen LogP contribution in [0.25, 0.3) is 21.5 Å². The zero-order valence-electron chi connectivity index (χ0n) is 38.7. The van der Waals surface area contributed by atoms with E-state index < -0.39 is 53.3 Å². The number of phenolic OH excluding ortho intramolecular Hbond substituents is 1. The van der Waals surface area contributed by atoms with Gasteiger partial charge in [-0.1, -0.05) is 77.5 Å². The van der Waals surface area contributed by atoms with E-state index in [9.17, 15) is 45.7 Å². The van der Waals surface area contributed by atoms with Crippen molar-refractivity contribution in [2.75, 3.05) is 24.9 Å². The summed E-state index contributed by atoms with van der Waals surface area (Å²) in [6.07, 6.45) is 0. The number of nitrogens with one attached hydrogen (secondary N) is 2. The van der Waals surface area contributed by atoms with Crippen molar-refractivity contribution in [2.24, 2.45) is 20.5 Å². The summed E-state index contributed by atoms with van der Waals surface area (Å²) in [7, 11) is -6.42. The van der Waals surface area contributed by atoms with E-state index in [1.165, 1.54) is 64.5 Å². The normalized spacial score (nSPS) is 11.5. The van der Waals surface area contributed by atoms with Crippen LogP contribution >= 0.6 is 23.2 Å². The van der Waals surface area contributed by atoms with Gasteiger partial charge in [-0.2, -0.15) is 23.8 Å². The first-order valence-corrected chi connectivity index (χ1v) is 24.5. The maximum Gasteiger partial charge on any atom is 2.00 e. The molecule has 0 unspecified atom stereocenters. The van der Waals surface area contributed by atoms with Crippen LogP contribution in [0.15, 0.2) is 164 Å². The van der Waals surface area contributed by atoms with Crippen LogP contribution in [-0.2, 0) is 20.2 Å². The molecule has 4 N–H and O–H groups in total. The molecule has 73 heavy (non-hydrogen) atoms. The minimum atomic E-state index is -4.87. The number of anilines is 2. The number of carbonyl (C=O) groups excluding carboxylic acids is 2. The van der Waals surface area contributed by atoms with Crippen molar-refractivity contribution in [3.63, 3.8) is 0 Å². The quantitative estimate of drug-likeness (QED) is 0.0505. The number of benzene rings is 8. The van der Waals surface area contributed by atoms with Crippen LogP contribution in [0, 0.1) is 13.8 Å². The van der Waals surface area contributed by atoms with E-state index in [0.29, 0.717) is 44.4 Å². The average molecular weight is 1190 g/mol. The largest absolute Gasteiger partial charge is 2.00 e. The van der Waals surface area contributed by atoms with Crippen LogP contribution in [0.3, 0.4) is 0 Å². The van der Waals surface area contributed by atoms with Crippen molar-refractivity contribution in [2.45, 2.75) is 23.6 Å². The Labute approximate surface area is 468 Å². The monoisotopic (exact) mass is 1190 g/mol. The van der Waals surface area contributed by atoms with E-state index >= 15 is 0 Å². The average Bonchev–Trinajstić information content (AvgIpc) is 3.34. The Morgan fingerprint density at radius 3 is 1.47 bits per heavy atom. The molecule has 0 aliphatic carbocycles. The van der Waals surface area contributed by atoms with Crippen molar-refractivity contribution >= 4 is 160 Å². The standard InChI is InChI=1S/2C25H20ClN3O6S.Ba/c2*1-14-21(12-11-20(26)24(14)36(32,33)34)28-29-22-18-6-4-3-5-15(18)13-19(23(22)30)25(31)27-16-7-9-17(35-2)10-8-16;/h2*3-13,30H,1-2H3,(H,27,31)(H,32,33,34);/q;;+2/p-2. The minimum absolute atomic E-state index is 0. The fourth-order valence-corrected chi connectivity index (χ4v) is 9.84. The summed E-state index contributed by atoms with van der Waals surface area (Å²) >= 11 is 11.8. The molecule has 0 saturated carbocycles. The number of halogens is 2. The minimum Gasteiger partial charge on any atom is -0.870 e. The van der Waals surface area contributed by atoms with Crippen molar-refractivity contribution in [1.29, 1.82) is 0 Å². The number of phenols is 1. The topological polar surface area (TPSA) is 281 Å². The predicted octanol–water partition coefficient (Wildman–Crippen LogP) is 11.5. The van der Waals surface area contributed by atoms with E-state index in [1.807, 2.05) is 0 Å². The number of ether oxygens (including phenoxy) is 2. The fraction of sp³-hybridized carbons (Fsp3) is 0.0800. The molecule has 0 spiro atoms. The Kier molecular flexibility index (Phi) is 18.1. The molecule has 0 atom stereocenters. The van der Waals surface area contributed by atoms with Gasteiger partial charge in [0.25, 0.3) is 21.9 Å². The number of amides is 2. The van der Waals surface area contributed by atoms with Crippen molar-refractivity contribution < 1.29 is 55.2 Å². The van der Waals surface area contributed by atoms with Gasteiger partial charge in [0, 0.05) is 27.7 Å². The maximum absolute atomic E-state index is 13.3. The zero-order chi connectivity index (χ0) is 52.1. The molecule has 0 aliphatic rings. The first kappa shape index (κ1) is 55.9. The Morgan fingerprint density at radius 2 is 1.00 bits per heavy atom. The van der Waals surface area contributed by atoms with E-state index in [0.717, 1.165) is 0 Å². The molecule has 0 fully saturated rings. The van der Waals surface area contributed by atoms with E-state index in [-0.39, 0.29) is 104 Å². The number of azo groups is 2. The maximum atomic E-state index is 13.3. The Balaban J connectivity index is 0.000000235. The molecule has 0 saturated heterocycles. The van der Waals surface area contributed by atoms with E-state index in [4.69, 9.17) is 32.7 Å². The van der Waals surface area contributed by atoms with Gasteiger partial charge in [0.05, 0.1) is 51.8 Å². The number of rotatable bonds is 12. The summed E-state index contributed by atoms with van der Waals surface area (Å²) in [5.41, 5.74) is 0.848. The Hall–Kier alpha value is -6.41. The van der Waals surface area contributed by atoms with Gasteiger partial charge in [-0.15, -0.1) is 5.11 Å². The van der Waals surface area contributed by atoms with Gasteiger partial charge in [-0.3, -0.25) is 14.1 Å². The van der Waals surface area contributed by atoms with Gasteiger partial charge in [0.1, 0.15) is 32.2 Å². The van der Waals surface area contributed by atoms with Crippen molar-refractivity contribution in [1.82, 2.24) is 0 Å². The Morgan fingerprint density at radius 1 is 0.589 bits per heavy atom. The number of carbonyl (C=O) groups is 2. The predicted molar refractivity (Wildman–Crippen MR) is 275 cm³/mol. The number of methoxy groups -OCH3 is 2. The molecule has 8 aromatic rings. The molecule has 8 rings (SSSR count). The van der Waals surface area contributed by atoms with E-state index in [2.05, 4.69) is 31.1 Å². The number of nitrogens with zero attached hydrogens (tertiary/aromatic N) is 4. The van der Waals surface area contributed by atoms with Gasteiger partial charge >= 0.3 is 48.9 Å². The second-order valence-electron chi connectivity index (χ2n) is 15.4. The second kappa shape index (κ2) is 23.6. The molecule has 0 heterocycles. The molecule has 0 aliphatic heterocycles. The van der Waals surface area contributed by atoms with Crippen LogP contribution < -0.4 is 25.2 Å². The van der Waals surface area contributed by atoms with Crippen LogP contribution in [0.1, 0.15) is 31.8 Å². The summed E-state index contributed by atoms with van der Waals surface area (Å²) in [4.78, 5) is 24.9. The van der Waals surface area contributed by atoms with Crippen LogP contribution in [0.2, 0.25) is 10.0 Å². The molecule has 2 amide bonds. The molecule has 8 aromatic carbocycles. The molecular formula is C50H38BaCl2N6O12S2. The zero-order valence-corrected chi connectivity index (χ0v) is 46.3. The smallest absolute Gasteiger partial charge is 0.870 e. The van der Waals surface area contributed by atoms with Gasteiger partial charge in [-0.25, -0.2) is 8.42 Å². The van der Waals surface area contributed by atoms with Gasteiger partial charge < -0.3 is 34.9 Å². The van der Waals surface area contributed by atoms with Gasteiger partial charge in [0.2, 0.25) is 0 Å². The summed E-state index contributed by atoms with van der Waals surface area (Å²) in [5, 5.41) is 47.8. The third-order valence-corrected chi connectivity index (χ3v) is 13.8. The number of fused-ring (bicyclic) bond motifs is 2. The molecule has 23 heteroatoms. The number of aromatic hydroxyl groups is 1. The fourth-order valence-electron chi connectivity index (χ4n) is 7.26. The molecule has 0 aromatic heterocycles. The summed E-state index contributed by atoms with van der Waals surface area (Å²) in [6.45, 7) is 2.78. The second-order valence-corrected chi connectivity index (χ2v) is 18.9. The van der Waals surface area contributed by atoms with Crippen LogP contribution in [0.5, 0.6) is 23.0 Å². The third-order valence-electron chi connectivity index (χ3n) is 10.8. The molecule has 0 radical (unpaired) electrons. The molecule has 0 bridgehead atoms. The van der Waals surface area contributed by atoms with Crippen molar-refractivity contribution in [3.8, 4) is 23.0 Å². The van der Waals surface area contributed by atoms with Crippen molar-refractivity contribution in [3.05, 3.63) is 166 Å². The van der Waals surface area contributed by atoms with Crippen LogP contribution in [0.4, 0.5) is 34.1 Å². The summed E-state index contributed by atoms with van der Waals surface area (Å²) < 4.78 is 78.1. The SMILES string of the molecule is COc1ccc(NC(=O)c2cc3ccccc3c(N=Nc3ccc(Cl)c(S(=O)(=O)O)c3C)c2O)cc1.COc1ccc(NC(=O)c2cc3ccccc3c(N=Nc3ccc(Cl)c(S(=O)(=O)[O-])c3C)c2[O-])cc1.[Ba+2]. The third kappa shape index (κ3) is 12.9. The number of hydrogen-bond acceptors (Lipinski definition) is 15. The molecule has 368 valence electrons. The van der Waals surface area contributed by atoms with Gasteiger partial charge in [0.15, 0.2) is 5.75 Å². The first-order valence-electron chi connectivity index (χ1n) is 20.9. The molecule has 18 nitrogen and oxygen atoms in total. The van der Waals surface area contributed by atoms with E-state index in [1.54, 1.807) is 97.1 Å². The first-order chi connectivity index (χ1) is 34.2. The molecular weight excluding hydrogens is 1150 g/mol. The summed E-state index contributed by atoms with van der Waals surface area (Å²) in [5.74, 6) is -1.07. The summed E-state index contributed by atoms with van der Waals surface area (Å²) in [6, 6.07) is 35.3. The Bertz CT molecular complexity index is 3490. The van der Waals surface area contributed by atoms with Crippen LogP contribution in [-0.4, -0.2) is 106 Å². The van der Waals surface area contributed by atoms with Gasteiger partial charge in [-0.05, 0) is 121 Å². The number of hydrogen-bond donors (Lipinski definition) is 4.